The van der Waals surface area contributed by atoms with Gasteiger partial charge in [0.25, 0.3) is 0 Å². The molecule has 9 nitrogen and oxygen atoms in total. The van der Waals surface area contributed by atoms with Crippen LogP contribution in [0.4, 0.5) is 5.69 Å². The van der Waals surface area contributed by atoms with Gasteiger partial charge < -0.3 is 30.3 Å². The predicted molar refractivity (Wildman–Crippen MR) is 152 cm³/mol. The van der Waals surface area contributed by atoms with Crippen molar-refractivity contribution in [3.8, 4) is 11.5 Å². The molecule has 0 radical (unpaired) electrons. The molecule has 1 heterocycles. The van der Waals surface area contributed by atoms with E-state index < -0.39 is 11.9 Å². The molecule has 212 valence electrons. The van der Waals surface area contributed by atoms with Gasteiger partial charge in [-0.1, -0.05) is 26.0 Å². The number of aryl methyl sites for hydroxylation is 2. The van der Waals surface area contributed by atoms with Gasteiger partial charge in [-0.3, -0.25) is 4.90 Å². The summed E-state index contributed by atoms with van der Waals surface area (Å²) in [4.78, 5) is 24.1. The third kappa shape index (κ3) is 7.74. The molecule has 1 aliphatic carbocycles. The average molecular weight is 540 g/mol. The van der Waals surface area contributed by atoms with Gasteiger partial charge in [0.1, 0.15) is 11.5 Å². The van der Waals surface area contributed by atoms with Crippen molar-refractivity contribution in [2.75, 3.05) is 51.3 Å². The van der Waals surface area contributed by atoms with Gasteiger partial charge in [-0.15, -0.1) is 0 Å². The number of rotatable bonds is 8. The Balaban J connectivity index is 0.000000459. The number of fused-ring (bicyclic) bond motifs is 1. The first-order valence-electron chi connectivity index (χ1n) is 13.2. The Bertz CT molecular complexity index is 1190. The molecule has 0 amide bonds. The lowest BCUT2D eigenvalue weighted by molar-refractivity contribution is -0.134. The van der Waals surface area contributed by atoms with Gasteiger partial charge in [0.15, 0.2) is 0 Å². The highest BCUT2D eigenvalue weighted by Crippen LogP contribution is 2.50. The summed E-state index contributed by atoms with van der Waals surface area (Å²) in [7, 11) is 1.72. The molecule has 9 heteroatoms. The van der Waals surface area contributed by atoms with Gasteiger partial charge in [0.05, 0.1) is 7.11 Å². The van der Waals surface area contributed by atoms with Crippen LogP contribution in [-0.4, -0.2) is 78.5 Å². The van der Waals surface area contributed by atoms with E-state index in [9.17, 15) is 14.7 Å². The van der Waals surface area contributed by atoms with E-state index >= 15 is 0 Å². The predicted octanol–water partition coefficient (Wildman–Crippen LogP) is 3.76. The SMILES string of the molecule is COc1cccc(N2CCN(CCNC3c4c(O)c(C)cc(C)c4CC3(C)C)CC2)c1.O=C(O)/C=C/C(=O)O. The van der Waals surface area contributed by atoms with E-state index in [1.165, 1.54) is 16.8 Å². The number of carbonyl (C=O) groups is 2. The number of hydrogen-bond acceptors (Lipinski definition) is 7. The van der Waals surface area contributed by atoms with Gasteiger partial charge >= 0.3 is 11.9 Å². The zero-order valence-electron chi connectivity index (χ0n) is 23.5. The number of hydrogen-bond donors (Lipinski definition) is 4. The number of phenols is 1. The Morgan fingerprint density at radius 2 is 1.69 bits per heavy atom. The van der Waals surface area contributed by atoms with Crippen LogP contribution < -0.4 is 15.0 Å². The monoisotopic (exact) mass is 539 g/mol. The third-order valence-corrected chi connectivity index (χ3v) is 7.50. The number of piperazine rings is 1. The van der Waals surface area contributed by atoms with Crippen LogP contribution in [0.25, 0.3) is 0 Å². The molecule has 0 aromatic heterocycles. The standard InChI is InChI=1S/C26H37N3O2.C4H4O4/c1-18-15-19(2)24(30)23-22(18)17-26(3,4)25(23)27-9-10-28-11-13-29(14-12-28)20-7-6-8-21(16-20)31-5;5-3(6)1-2-4(7)8/h6-8,15-16,25,27,30H,9-14,17H2,1-5H3;1-2H,(H,5,6)(H,7,8)/b;2-1+. The minimum Gasteiger partial charge on any atom is -0.507 e. The molecule has 4 N–H and O–H groups in total. The van der Waals surface area contributed by atoms with Gasteiger partial charge in [-0.05, 0) is 54.5 Å². The highest BCUT2D eigenvalue weighted by Gasteiger charge is 2.41. The molecule has 4 rings (SSSR count). The first-order valence-corrected chi connectivity index (χ1v) is 13.2. The molecule has 2 aromatic rings. The number of carboxylic acids is 2. The van der Waals surface area contributed by atoms with E-state index in [1.54, 1.807) is 7.11 Å². The quantitative estimate of drug-likeness (QED) is 0.371. The maximum absolute atomic E-state index is 10.8. The molecule has 39 heavy (non-hydrogen) atoms. The van der Waals surface area contributed by atoms with Crippen molar-refractivity contribution in [2.45, 2.75) is 40.2 Å². The Hall–Kier alpha value is -3.56. The number of benzene rings is 2. The Morgan fingerprint density at radius 1 is 1.05 bits per heavy atom. The summed E-state index contributed by atoms with van der Waals surface area (Å²) in [6.07, 6.45) is 2.13. The van der Waals surface area contributed by atoms with Gasteiger partial charge in [-0.25, -0.2) is 9.59 Å². The van der Waals surface area contributed by atoms with Crippen molar-refractivity contribution < 1.29 is 29.6 Å². The first kappa shape index (κ1) is 30.0. The fourth-order valence-electron chi connectivity index (χ4n) is 5.47. The number of carboxylic acid groups (broad SMARTS) is 2. The number of aliphatic carboxylic acids is 2. The number of anilines is 1. The topological polar surface area (TPSA) is 123 Å². The van der Waals surface area contributed by atoms with Crippen LogP contribution >= 0.6 is 0 Å². The minimum atomic E-state index is -1.26. The maximum atomic E-state index is 10.8. The number of aromatic hydroxyl groups is 1. The minimum absolute atomic E-state index is 0.101. The van der Waals surface area contributed by atoms with Crippen molar-refractivity contribution >= 4 is 17.6 Å². The third-order valence-electron chi connectivity index (χ3n) is 7.50. The van der Waals surface area contributed by atoms with Crippen LogP contribution in [0.5, 0.6) is 11.5 Å². The summed E-state index contributed by atoms with van der Waals surface area (Å²) in [5.74, 6) is -1.12. The number of nitrogens with one attached hydrogen (secondary N) is 1. The van der Waals surface area contributed by atoms with Gasteiger partial charge in [-0.2, -0.15) is 0 Å². The average Bonchev–Trinajstić information content (AvgIpc) is 3.18. The van der Waals surface area contributed by atoms with E-state index in [1.807, 2.05) is 13.0 Å². The van der Waals surface area contributed by atoms with Crippen LogP contribution in [0.1, 0.15) is 42.1 Å². The summed E-state index contributed by atoms with van der Waals surface area (Å²) in [5, 5.41) is 30.2. The zero-order chi connectivity index (χ0) is 28.7. The lowest BCUT2D eigenvalue weighted by Gasteiger charge is -2.37. The van der Waals surface area contributed by atoms with E-state index in [0.717, 1.165) is 62.6 Å². The van der Waals surface area contributed by atoms with Crippen molar-refractivity contribution in [1.29, 1.82) is 0 Å². The first-order chi connectivity index (χ1) is 18.4. The van der Waals surface area contributed by atoms with Crippen LogP contribution in [0.2, 0.25) is 0 Å². The number of nitrogens with zero attached hydrogens (tertiary/aromatic N) is 2. The molecular weight excluding hydrogens is 498 g/mol. The largest absolute Gasteiger partial charge is 0.507 e. The number of methoxy groups -OCH3 is 1. The summed E-state index contributed by atoms with van der Waals surface area (Å²) in [6.45, 7) is 14.9. The van der Waals surface area contributed by atoms with Crippen LogP contribution in [-0.2, 0) is 16.0 Å². The Kier molecular flexibility index (Phi) is 9.99. The van der Waals surface area contributed by atoms with Crippen molar-refractivity contribution in [2.24, 2.45) is 5.41 Å². The second-order valence-electron chi connectivity index (χ2n) is 10.8. The zero-order valence-corrected chi connectivity index (χ0v) is 23.5. The summed E-state index contributed by atoms with van der Waals surface area (Å²) in [5.41, 5.74) is 6.08. The summed E-state index contributed by atoms with van der Waals surface area (Å²) < 4.78 is 5.37. The van der Waals surface area contributed by atoms with E-state index in [-0.39, 0.29) is 11.5 Å². The molecule has 2 aliphatic rings. The highest BCUT2D eigenvalue weighted by atomic mass is 16.5. The lowest BCUT2D eigenvalue weighted by Crippen LogP contribution is -2.48. The molecule has 1 atom stereocenters. The number of phenolic OH excluding ortho intramolecular Hbond substituents is 1. The van der Waals surface area contributed by atoms with Gasteiger partial charge in [0, 0.05) is 74.8 Å². The van der Waals surface area contributed by atoms with Crippen molar-refractivity contribution in [3.05, 3.63) is 64.7 Å². The molecular formula is C30H41N3O6. The van der Waals surface area contributed by atoms with Crippen LogP contribution in [0.15, 0.2) is 42.5 Å². The summed E-state index contributed by atoms with van der Waals surface area (Å²) >= 11 is 0. The van der Waals surface area contributed by atoms with Crippen LogP contribution in [0.3, 0.4) is 0 Å². The lowest BCUT2D eigenvalue weighted by atomic mass is 9.85. The second-order valence-corrected chi connectivity index (χ2v) is 10.8. The molecule has 1 aliphatic heterocycles. The highest BCUT2D eigenvalue weighted by molar-refractivity contribution is 5.89. The van der Waals surface area contributed by atoms with Gasteiger partial charge in [0.2, 0.25) is 0 Å². The van der Waals surface area contributed by atoms with Crippen molar-refractivity contribution in [1.82, 2.24) is 10.2 Å². The molecule has 1 unspecified atom stereocenters. The maximum Gasteiger partial charge on any atom is 0.328 e. The molecule has 0 bridgehead atoms. The number of ether oxygens (including phenoxy) is 1. The fraction of sp³-hybridized carbons (Fsp3) is 0.467. The van der Waals surface area contributed by atoms with E-state index in [2.05, 4.69) is 60.2 Å². The normalized spacial score (nSPS) is 18.4. The smallest absolute Gasteiger partial charge is 0.328 e. The molecule has 1 fully saturated rings. The Morgan fingerprint density at radius 3 is 2.28 bits per heavy atom. The molecule has 2 aromatic carbocycles. The Labute approximate surface area is 230 Å². The molecule has 1 saturated heterocycles. The second kappa shape index (κ2) is 13.0. The van der Waals surface area contributed by atoms with Crippen LogP contribution in [0, 0.1) is 19.3 Å². The van der Waals surface area contributed by atoms with Crippen molar-refractivity contribution in [3.63, 3.8) is 0 Å². The molecule has 0 saturated carbocycles. The fourth-order valence-corrected chi connectivity index (χ4v) is 5.47. The van der Waals surface area contributed by atoms with E-state index in [0.29, 0.717) is 17.9 Å². The molecule has 0 spiro atoms. The summed E-state index contributed by atoms with van der Waals surface area (Å²) in [6, 6.07) is 10.6. The van der Waals surface area contributed by atoms with E-state index in [4.69, 9.17) is 14.9 Å².